The summed E-state index contributed by atoms with van der Waals surface area (Å²) in [7, 11) is 1.89. The van der Waals surface area contributed by atoms with Crippen molar-refractivity contribution in [2.75, 3.05) is 38.1 Å². The van der Waals surface area contributed by atoms with Crippen LogP contribution in [0.25, 0.3) is 0 Å². The van der Waals surface area contributed by atoms with E-state index in [0.29, 0.717) is 19.6 Å². The van der Waals surface area contributed by atoms with Crippen LogP contribution in [0.1, 0.15) is 13.3 Å². The molecule has 0 atom stereocenters. The topological polar surface area (TPSA) is 49.6 Å². The van der Waals surface area contributed by atoms with Crippen LogP contribution in [0.2, 0.25) is 0 Å². The number of benzene rings is 1. The fourth-order valence-corrected chi connectivity index (χ4v) is 1.88. The number of likely N-dealkylation sites (N-methyl/N-ethyl adjacent to an activating group) is 2. The Bertz CT molecular complexity index is 394. The molecule has 0 heterocycles. The van der Waals surface area contributed by atoms with E-state index in [-0.39, 0.29) is 11.7 Å². The number of carbonyl (C=O) groups excluding carboxylic acids is 1. The molecule has 1 amide bonds. The van der Waals surface area contributed by atoms with E-state index >= 15 is 0 Å². The second-order valence-corrected chi connectivity index (χ2v) is 4.49. The predicted molar refractivity (Wildman–Crippen MR) is 75.6 cm³/mol. The zero-order valence-corrected chi connectivity index (χ0v) is 11.6. The number of nitrogens with two attached hydrogens (primary N) is 1. The number of hydrogen-bond acceptors (Lipinski definition) is 3. The van der Waals surface area contributed by atoms with Crippen molar-refractivity contribution in [2.24, 2.45) is 5.73 Å². The highest BCUT2D eigenvalue weighted by molar-refractivity contribution is 5.94. The molecule has 0 saturated carbocycles. The van der Waals surface area contributed by atoms with E-state index < -0.39 is 0 Å². The summed E-state index contributed by atoms with van der Waals surface area (Å²) in [6.45, 7) is 4.22. The summed E-state index contributed by atoms with van der Waals surface area (Å²) in [5.41, 5.74) is 6.16. The molecule has 0 saturated heterocycles. The first-order chi connectivity index (χ1) is 9.08. The van der Waals surface area contributed by atoms with Gasteiger partial charge in [0.1, 0.15) is 5.82 Å². The van der Waals surface area contributed by atoms with Crippen molar-refractivity contribution in [3.63, 3.8) is 0 Å². The highest BCUT2D eigenvalue weighted by Crippen LogP contribution is 2.15. The van der Waals surface area contributed by atoms with Crippen molar-refractivity contribution in [2.45, 2.75) is 13.3 Å². The molecule has 5 heteroatoms. The average Bonchev–Trinajstić information content (AvgIpc) is 2.39. The van der Waals surface area contributed by atoms with Crippen molar-refractivity contribution in [3.8, 4) is 0 Å². The van der Waals surface area contributed by atoms with Gasteiger partial charge in [0.25, 0.3) is 0 Å². The maximum atomic E-state index is 12.9. The Balaban J connectivity index is 2.63. The number of carbonyl (C=O) groups is 1. The first-order valence-corrected chi connectivity index (χ1v) is 6.53. The fraction of sp³-hybridized carbons (Fsp3) is 0.500. The summed E-state index contributed by atoms with van der Waals surface area (Å²) in [6.07, 6.45) is 0.868. The van der Waals surface area contributed by atoms with E-state index in [0.717, 1.165) is 18.7 Å². The molecule has 0 aliphatic heterocycles. The molecule has 0 bridgehead atoms. The number of halogens is 1. The quantitative estimate of drug-likeness (QED) is 0.813. The smallest absolute Gasteiger partial charge is 0.241 e. The SMILES string of the molecule is CCN(C(=O)CN(C)CCCN)c1ccc(F)cc1. The average molecular weight is 267 g/mol. The predicted octanol–water partition coefficient (Wildman–Crippen LogP) is 1.46. The normalized spacial score (nSPS) is 10.8. The Labute approximate surface area is 114 Å². The Hall–Kier alpha value is -1.46. The summed E-state index contributed by atoms with van der Waals surface area (Å²) in [6, 6.07) is 5.97. The van der Waals surface area contributed by atoms with Crippen LogP contribution in [0.3, 0.4) is 0 Å². The first kappa shape index (κ1) is 15.6. The van der Waals surface area contributed by atoms with Gasteiger partial charge in [0.2, 0.25) is 5.91 Å². The summed E-state index contributed by atoms with van der Waals surface area (Å²) in [5, 5.41) is 0. The number of anilines is 1. The van der Waals surface area contributed by atoms with Crippen LogP contribution in [-0.2, 0) is 4.79 Å². The summed E-state index contributed by atoms with van der Waals surface area (Å²) >= 11 is 0. The van der Waals surface area contributed by atoms with Gasteiger partial charge < -0.3 is 10.6 Å². The Kier molecular flexibility index (Phi) is 6.45. The van der Waals surface area contributed by atoms with Crippen molar-refractivity contribution < 1.29 is 9.18 Å². The van der Waals surface area contributed by atoms with E-state index in [1.165, 1.54) is 12.1 Å². The van der Waals surface area contributed by atoms with Crippen molar-refractivity contribution >= 4 is 11.6 Å². The molecule has 0 radical (unpaired) electrons. The zero-order chi connectivity index (χ0) is 14.3. The van der Waals surface area contributed by atoms with Gasteiger partial charge in [0.05, 0.1) is 6.54 Å². The van der Waals surface area contributed by atoms with Gasteiger partial charge in [0, 0.05) is 12.2 Å². The number of nitrogens with zero attached hydrogens (tertiary/aromatic N) is 2. The molecule has 1 aromatic rings. The van der Waals surface area contributed by atoms with Crippen LogP contribution < -0.4 is 10.6 Å². The molecule has 2 N–H and O–H groups in total. The Morgan fingerprint density at radius 1 is 1.32 bits per heavy atom. The minimum atomic E-state index is -0.299. The summed E-state index contributed by atoms with van der Waals surface area (Å²) in [4.78, 5) is 15.8. The molecule has 4 nitrogen and oxygen atoms in total. The minimum absolute atomic E-state index is 0.00799. The van der Waals surface area contributed by atoms with Gasteiger partial charge in [-0.15, -0.1) is 0 Å². The molecule has 0 aromatic heterocycles. The van der Waals surface area contributed by atoms with Crippen LogP contribution in [0.5, 0.6) is 0 Å². The van der Waals surface area contributed by atoms with Crippen LogP contribution in [0.4, 0.5) is 10.1 Å². The Morgan fingerprint density at radius 2 is 1.95 bits per heavy atom. The third-order valence-electron chi connectivity index (χ3n) is 2.90. The molecule has 0 fully saturated rings. The van der Waals surface area contributed by atoms with Crippen molar-refractivity contribution in [3.05, 3.63) is 30.1 Å². The molecule has 0 aliphatic rings. The van der Waals surface area contributed by atoms with E-state index in [4.69, 9.17) is 5.73 Å². The lowest BCUT2D eigenvalue weighted by Gasteiger charge is -2.24. The maximum absolute atomic E-state index is 12.9. The molecule has 0 spiro atoms. The van der Waals surface area contributed by atoms with E-state index in [1.807, 2.05) is 18.9 Å². The molecule has 19 heavy (non-hydrogen) atoms. The lowest BCUT2D eigenvalue weighted by atomic mass is 10.2. The zero-order valence-electron chi connectivity index (χ0n) is 11.6. The number of amides is 1. The third kappa shape index (κ3) is 4.96. The minimum Gasteiger partial charge on any atom is -0.330 e. The molecular formula is C14H22FN3O. The number of rotatable bonds is 7. The van der Waals surface area contributed by atoms with Crippen molar-refractivity contribution in [1.82, 2.24) is 4.90 Å². The van der Waals surface area contributed by atoms with Gasteiger partial charge in [-0.25, -0.2) is 4.39 Å². The van der Waals surface area contributed by atoms with Crippen molar-refractivity contribution in [1.29, 1.82) is 0 Å². The van der Waals surface area contributed by atoms with Crippen LogP contribution in [0.15, 0.2) is 24.3 Å². The fourth-order valence-electron chi connectivity index (χ4n) is 1.88. The second-order valence-electron chi connectivity index (χ2n) is 4.49. The molecular weight excluding hydrogens is 245 g/mol. The molecule has 0 unspecified atom stereocenters. The molecule has 0 aliphatic carbocycles. The second kappa shape index (κ2) is 7.86. The molecule has 106 valence electrons. The van der Waals surface area contributed by atoms with Gasteiger partial charge in [0.15, 0.2) is 0 Å². The van der Waals surface area contributed by atoms with E-state index in [9.17, 15) is 9.18 Å². The maximum Gasteiger partial charge on any atom is 0.241 e. The molecule has 1 aromatic carbocycles. The lowest BCUT2D eigenvalue weighted by Crippen LogP contribution is -2.39. The third-order valence-corrected chi connectivity index (χ3v) is 2.90. The monoisotopic (exact) mass is 267 g/mol. The standard InChI is InChI=1S/C14H22FN3O/c1-3-18(13-7-5-12(15)6-8-13)14(19)11-17(2)10-4-9-16/h5-8H,3-4,9-11,16H2,1-2H3. The van der Waals surface area contributed by atoms with Gasteiger partial charge in [-0.3, -0.25) is 9.69 Å². The first-order valence-electron chi connectivity index (χ1n) is 6.53. The highest BCUT2D eigenvalue weighted by Gasteiger charge is 2.15. The lowest BCUT2D eigenvalue weighted by molar-refractivity contribution is -0.119. The Morgan fingerprint density at radius 3 is 2.47 bits per heavy atom. The van der Waals surface area contributed by atoms with E-state index in [1.54, 1.807) is 17.0 Å². The van der Waals surface area contributed by atoms with Gasteiger partial charge in [-0.05, 0) is 57.7 Å². The summed E-state index contributed by atoms with van der Waals surface area (Å²) < 4.78 is 12.9. The highest BCUT2D eigenvalue weighted by atomic mass is 19.1. The van der Waals surface area contributed by atoms with Crippen LogP contribution >= 0.6 is 0 Å². The van der Waals surface area contributed by atoms with E-state index in [2.05, 4.69) is 0 Å². The number of hydrogen-bond donors (Lipinski definition) is 1. The van der Waals surface area contributed by atoms with Crippen LogP contribution in [-0.4, -0.2) is 44.0 Å². The summed E-state index contributed by atoms with van der Waals surface area (Å²) in [5.74, 6) is -0.291. The van der Waals surface area contributed by atoms with Gasteiger partial charge in [-0.1, -0.05) is 0 Å². The van der Waals surface area contributed by atoms with Crippen LogP contribution in [0, 0.1) is 5.82 Å². The van der Waals surface area contributed by atoms with Gasteiger partial charge in [-0.2, -0.15) is 0 Å². The molecule has 1 rings (SSSR count). The van der Waals surface area contributed by atoms with Gasteiger partial charge >= 0.3 is 0 Å². The largest absolute Gasteiger partial charge is 0.330 e.